The number of nitrogens with zero attached hydrogens (tertiary/aromatic N) is 5. The maximum absolute atomic E-state index is 12.5. The predicted octanol–water partition coefficient (Wildman–Crippen LogP) is 1.39. The second-order valence-electron chi connectivity index (χ2n) is 6.62. The molecule has 2 aliphatic rings. The van der Waals surface area contributed by atoms with Gasteiger partial charge in [-0.05, 0) is 25.0 Å². The molecule has 1 aliphatic carbocycles. The van der Waals surface area contributed by atoms with Crippen LogP contribution in [0.25, 0.3) is 5.82 Å². The Hall–Kier alpha value is -2.77. The largest absolute Gasteiger partial charge is 0.339 e. The second kappa shape index (κ2) is 6.62. The molecule has 2 aromatic rings. The first kappa shape index (κ1) is 15.7. The van der Waals surface area contributed by atoms with Crippen LogP contribution in [0.4, 0.5) is 5.69 Å². The molecule has 0 unspecified atom stereocenters. The zero-order valence-corrected chi connectivity index (χ0v) is 13.8. The maximum atomic E-state index is 12.5. The third-order valence-electron chi connectivity index (χ3n) is 4.96. The van der Waals surface area contributed by atoms with Gasteiger partial charge in [0.1, 0.15) is 12.7 Å². The van der Waals surface area contributed by atoms with Crippen LogP contribution in [0.5, 0.6) is 0 Å². The third kappa shape index (κ3) is 3.24. The summed E-state index contributed by atoms with van der Waals surface area (Å²) in [5.74, 6) is 0.318. The van der Waals surface area contributed by atoms with Crippen molar-refractivity contribution in [3.05, 3.63) is 31.0 Å². The molecule has 0 bridgehead atoms. The Balaban J connectivity index is 1.38. The minimum absolute atomic E-state index is 0.103. The zero-order chi connectivity index (χ0) is 17.2. The van der Waals surface area contributed by atoms with Crippen molar-refractivity contribution in [3.63, 3.8) is 0 Å². The van der Waals surface area contributed by atoms with Crippen molar-refractivity contribution in [2.75, 3.05) is 11.9 Å². The fourth-order valence-electron chi connectivity index (χ4n) is 3.64. The number of carbonyl (C=O) groups is 2. The summed E-state index contributed by atoms with van der Waals surface area (Å²) in [6.07, 6.45) is 9.35. The van der Waals surface area contributed by atoms with E-state index in [9.17, 15) is 9.59 Å². The van der Waals surface area contributed by atoms with Gasteiger partial charge in [-0.1, -0.05) is 12.8 Å². The zero-order valence-electron chi connectivity index (χ0n) is 13.8. The first-order valence-electron chi connectivity index (χ1n) is 8.62. The van der Waals surface area contributed by atoms with E-state index in [-0.39, 0.29) is 17.7 Å². The number of nitrogens with one attached hydrogen (secondary N) is 1. The van der Waals surface area contributed by atoms with Gasteiger partial charge in [-0.3, -0.25) is 9.59 Å². The lowest BCUT2D eigenvalue weighted by Gasteiger charge is -2.23. The number of rotatable bonds is 4. The summed E-state index contributed by atoms with van der Waals surface area (Å²) in [7, 11) is 0. The van der Waals surface area contributed by atoms with Crippen molar-refractivity contribution < 1.29 is 9.59 Å². The molecular formula is C17H20N6O2. The molecule has 3 heterocycles. The minimum Gasteiger partial charge on any atom is -0.339 e. The van der Waals surface area contributed by atoms with E-state index in [1.807, 2.05) is 4.90 Å². The second-order valence-corrected chi connectivity index (χ2v) is 6.62. The first-order valence-corrected chi connectivity index (χ1v) is 8.62. The molecule has 2 aromatic heterocycles. The summed E-state index contributed by atoms with van der Waals surface area (Å²) < 4.78 is 1.54. The van der Waals surface area contributed by atoms with Gasteiger partial charge >= 0.3 is 0 Å². The number of pyridine rings is 1. The SMILES string of the molecule is O=C(Nc1ccc(-n2cncn2)nc1)[C@@H]1CC(=O)N(C2CCCC2)C1. The van der Waals surface area contributed by atoms with Gasteiger partial charge in [0.15, 0.2) is 5.82 Å². The smallest absolute Gasteiger partial charge is 0.229 e. The number of amides is 2. The summed E-state index contributed by atoms with van der Waals surface area (Å²) in [5, 5.41) is 6.87. The van der Waals surface area contributed by atoms with E-state index in [0.29, 0.717) is 30.5 Å². The summed E-state index contributed by atoms with van der Waals surface area (Å²) in [5.41, 5.74) is 0.612. The fourth-order valence-corrected chi connectivity index (χ4v) is 3.64. The number of hydrogen-bond acceptors (Lipinski definition) is 5. The highest BCUT2D eigenvalue weighted by Gasteiger charge is 2.38. The van der Waals surface area contributed by atoms with Crippen molar-refractivity contribution in [1.82, 2.24) is 24.6 Å². The quantitative estimate of drug-likeness (QED) is 0.908. The molecule has 1 saturated carbocycles. The fraction of sp³-hybridized carbons (Fsp3) is 0.471. The number of anilines is 1. The van der Waals surface area contributed by atoms with Gasteiger partial charge in [0, 0.05) is 19.0 Å². The van der Waals surface area contributed by atoms with E-state index >= 15 is 0 Å². The molecule has 1 saturated heterocycles. The molecular weight excluding hydrogens is 320 g/mol. The van der Waals surface area contributed by atoms with Crippen LogP contribution in [0, 0.1) is 5.92 Å². The monoisotopic (exact) mass is 340 g/mol. The van der Waals surface area contributed by atoms with E-state index in [4.69, 9.17) is 0 Å². The van der Waals surface area contributed by atoms with Gasteiger partial charge in [0.2, 0.25) is 11.8 Å². The Bertz CT molecular complexity index is 752. The minimum atomic E-state index is -0.289. The van der Waals surface area contributed by atoms with Gasteiger partial charge in [0.25, 0.3) is 0 Å². The highest BCUT2D eigenvalue weighted by atomic mass is 16.2. The summed E-state index contributed by atoms with van der Waals surface area (Å²) >= 11 is 0. The van der Waals surface area contributed by atoms with Crippen LogP contribution in [-0.4, -0.2) is 49.0 Å². The molecule has 130 valence electrons. The van der Waals surface area contributed by atoms with Crippen LogP contribution in [0.15, 0.2) is 31.0 Å². The lowest BCUT2D eigenvalue weighted by molar-refractivity contribution is -0.129. The van der Waals surface area contributed by atoms with Crippen molar-refractivity contribution in [2.24, 2.45) is 5.92 Å². The van der Waals surface area contributed by atoms with Crippen molar-refractivity contribution in [2.45, 2.75) is 38.1 Å². The number of likely N-dealkylation sites (tertiary alicyclic amines) is 1. The van der Waals surface area contributed by atoms with Crippen molar-refractivity contribution in [3.8, 4) is 5.82 Å². The van der Waals surface area contributed by atoms with E-state index < -0.39 is 0 Å². The molecule has 2 amide bonds. The molecule has 1 N–H and O–H groups in total. The van der Waals surface area contributed by atoms with E-state index in [0.717, 1.165) is 12.8 Å². The molecule has 25 heavy (non-hydrogen) atoms. The Kier molecular flexibility index (Phi) is 4.17. The van der Waals surface area contributed by atoms with Crippen LogP contribution in [0.2, 0.25) is 0 Å². The Labute approximate surface area is 145 Å². The summed E-state index contributed by atoms with van der Waals surface area (Å²) in [4.78, 5) is 34.8. The van der Waals surface area contributed by atoms with E-state index in [2.05, 4.69) is 20.4 Å². The molecule has 8 heteroatoms. The van der Waals surface area contributed by atoms with Crippen molar-refractivity contribution >= 4 is 17.5 Å². The Morgan fingerprint density at radius 1 is 1.24 bits per heavy atom. The predicted molar refractivity (Wildman–Crippen MR) is 89.9 cm³/mol. The number of hydrogen-bond donors (Lipinski definition) is 1. The topological polar surface area (TPSA) is 93.0 Å². The van der Waals surface area contributed by atoms with Crippen molar-refractivity contribution in [1.29, 1.82) is 0 Å². The maximum Gasteiger partial charge on any atom is 0.229 e. The van der Waals surface area contributed by atoms with Crippen LogP contribution in [-0.2, 0) is 9.59 Å². The standard InChI is InChI=1S/C17H20N6O2/c24-16-7-12(9-22(16)14-3-1-2-4-14)17(25)21-13-5-6-15(19-8-13)23-11-18-10-20-23/h5-6,8,10-12,14H,1-4,7,9H2,(H,21,25)/t12-/m1/s1. The molecule has 2 fully saturated rings. The molecule has 8 nitrogen and oxygen atoms in total. The summed E-state index contributed by atoms with van der Waals surface area (Å²) in [6.45, 7) is 0.528. The van der Waals surface area contributed by atoms with E-state index in [1.165, 1.54) is 19.2 Å². The highest BCUT2D eigenvalue weighted by molar-refractivity contribution is 5.97. The summed E-state index contributed by atoms with van der Waals surface area (Å²) in [6, 6.07) is 3.86. The molecule has 1 atom stereocenters. The molecule has 4 rings (SSSR count). The van der Waals surface area contributed by atoms with Gasteiger partial charge in [0.05, 0.1) is 17.8 Å². The normalized spacial score (nSPS) is 21.0. The molecule has 1 aliphatic heterocycles. The molecule has 0 aromatic carbocycles. The molecule has 0 spiro atoms. The van der Waals surface area contributed by atoms with E-state index in [1.54, 1.807) is 29.3 Å². The average Bonchev–Trinajstić information content (AvgIpc) is 3.37. The van der Waals surface area contributed by atoms with Gasteiger partial charge in [-0.15, -0.1) is 0 Å². The number of aromatic nitrogens is 4. The first-order chi connectivity index (χ1) is 12.2. The van der Waals surface area contributed by atoms with Crippen LogP contribution in [0.1, 0.15) is 32.1 Å². The van der Waals surface area contributed by atoms with Gasteiger partial charge in [-0.25, -0.2) is 14.6 Å². The Morgan fingerprint density at radius 3 is 2.76 bits per heavy atom. The number of carbonyl (C=O) groups excluding carboxylic acids is 2. The third-order valence-corrected chi connectivity index (χ3v) is 4.96. The molecule has 0 radical (unpaired) electrons. The lowest BCUT2D eigenvalue weighted by Crippen LogP contribution is -2.35. The average molecular weight is 340 g/mol. The van der Waals surface area contributed by atoms with Crippen LogP contribution >= 0.6 is 0 Å². The Morgan fingerprint density at radius 2 is 2.08 bits per heavy atom. The van der Waals surface area contributed by atoms with Gasteiger partial charge in [-0.2, -0.15) is 5.10 Å². The van der Waals surface area contributed by atoms with Crippen LogP contribution < -0.4 is 5.32 Å². The highest BCUT2D eigenvalue weighted by Crippen LogP contribution is 2.29. The van der Waals surface area contributed by atoms with Gasteiger partial charge < -0.3 is 10.2 Å². The van der Waals surface area contributed by atoms with Crippen LogP contribution in [0.3, 0.4) is 0 Å². The lowest BCUT2D eigenvalue weighted by atomic mass is 10.1.